The Hall–Kier alpha value is -3.31. The molecule has 0 bridgehead atoms. The minimum absolute atomic E-state index is 0.139. The van der Waals surface area contributed by atoms with Gasteiger partial charge in [0.2, 0.25) is 0 Å². The zero-order valence-corrected chi connectivity index (χ0v) is 17.4. The number of aryl methyl sites for hydroxylation is 1. The molecule has 1 aliphatic rings. The number of carbonyl (C=O) groups is 2. The highest BCUT2D eigenvalue weighted by Gasteiger charge is 2.31. The molecule has 4 rings (SSSR count). The van der Waals surface area contributed by atoms with E-state index in [1.807, 2.05) is 37.3 Å². The summed E-state index contributed by atoms with van der Waals surface area (Å²) in [5.41, 5.74) is 3.74. The molecular weight excluding hydrogens is 400 g/mol. The van der Waals surface area contributed by atoms with Gasteiger partial charge in [-0.3, -0.25) is 9.59 Å². The van der Waals surface area contributed by atoms with Crippen molar-refractivity contribution < 1.29 is 14.3 Å². The second-order valence-corrected chi connectivity index (χ2v) is 7.75. The Morgan fingerprint density at radius 3 is 2.60 bits per heavy atom. The van der Waals surface area contributed by atoms with E-state index in [2.05, 4.69) is 5.32 Å². The van der Waals surface area contributed by atoms with Crippen LogP contribution in [0.15, 0.2) is 66.7 Å². The third-order valence-electron chi connectivity index (χ3n) is 4.96. The van der Waals surface area contributed by atoms with Crippen LogP contribution in [0.25, 0.3) is 0 Å². The molecule has 3 aromatic carbocycles. The molecule has 6 heteroatoms. The molecule has 0 aliphatic carbocycles. The summed E-state index contributed by atoms with van der Waals surface area (Å²) in [6.45, 7) is 4.05. The highest BCUT2D eigenvalue weighted by atomic mass is 35.5. The Labute approximate surface area is 180 Å². The SMILES string of the molecule is Cc1cccc(C(=O)Nc2ccc3c(c2)N(Cc2ccc(Cl)cc2)C(=O)C(C)O3)c1. The molecule has 1 unspecified atom stereocenters. The first-order chi connectivity index (χ1) is 14.4. The van der Waals surface area contributed by atoms with Crippen molar-refractivity contribution in [2.75, 3.05) is 10.2 Å². The number of halogens is 1. The van der Waals surface area contributed by atoms with E-state index in [0.717, 1.165) is 11.1 Å². The van der Waals surface area contributed by atoms with E-state index >= 15 is 0 Å². The number of anilines is 2. The van der Waals surface area contributed by atoms with E-state index in [1.54, 1.807) is 48.2 Å². The van der Waals surface area contributed by atoms with Gasteiger partial charge in [0, 0.05) is 16.3 Å². The molecule has 2 amide bonds. The second kappa shape index (κ2) is 8.20. The van der Waals surface area contributed by atoms with Crippen LogP contribution in [-0.2, 0) is 11.3 Å². The number of hydrogen-bond acceptors (Lipinski definition) is 3. The van der Waals surface area contributed by atoms with E-state index in [-0.39, 0.29) is 11.8 Å². The number of ether oxygens (including phenoxy) is 1. The molecular formula is C24H21ClN2O3. The third-order valence-corrected chi connectivity index (χ3v) is 5.21. The van der Waals surface area contributed by atoms with Gasteiger partial charge in [-0.2, -0.15) is 0 Å². The second-order valence-electron chi connectivity index (χ2n) is 7.32. The van der Waals surface area contributed by atoms with Gasteiger partial charge in [-0.05, 0) is 61.9 Å². The van der Waals surface area contributed by atoms with E-state index < -0.39 is 6.10 Å². The summed E-state index contributed by atoms with van der Waals surface area (Å²) < 4.78 is 5.77. The molecule has 152 valence electrons. The minimum Gasteiger partial charge on any atom is -0.479 e. The molecule has 1 N–H and O–H groups in total. The van der Waals surface area contributed by atoms with Crippen molar-refractivity contribution in [2.45, 2.75) is 26.5 Å². The van der Waals surface area contributed by atoms with Crippen molar-refractivity contribution in [3.8, 4) is 5.75 Å². The smallest absolute Gasteiger partial charge is 0.268 e. The third kappa shape index (κ3) is 4.16. The van der Waals surface area contributed by atoms with Crippen LogP contribution in [0.3, 0.4) is 0 Å². The number of carbonyl (C=O) groups excluding carboxylic acids is 2. The van der Waals surface area contributed by atoms with Gasteiger partial charge < -0.3 is 15.0 Å². The lowest BCUT2D eigenvalue weighted by molar-refractivity contribution is -0.125. The standard InChI is InChI=1S/C24H21ClN2O3/c1-15-4-3-5-18(12-15)23(28)26-20-10-11-22-21(13-20)27(24(29)16(2)30-22)14-17-6-8-19(25)9-7-17/h3-13,16H,14H2,1-2H3,(H,26,28). The predicted octanol–water partition coefficient (Wildman–Crippen LogP) is 5.21. The molecule has 30 heavy (non-hydrogen) atoms. The first-order valence-corrected chi connectivity index (χ1v) is 10.0. The molecule has 0 saturated heterocycles. The number of fused-ring (bicyclic) bond motifs is 1. The van der Waals surface area contributed by atoms with Crippen molar-refractivity contribution in [1.82, 2.24) is 0 Å². The van der Waals surface area contributed by atoms with E-state index in [9.17, 15) is 9.59 Å². The van der Waals surface area contributed by atoms with Gasteiger partial charge in [0.25, 0.3) is 11.8 Å². The lowest BCUT2D eigenvalue weighted by atomic mass is 10.1. The molecule has 0 radical (unpaired) electrons. The molecule has 5 nitrogen and oxygen atoms in total. The van der Waals surface area contributed by atoms with Gasteiger partial charge in [0.15, 0.2) is 6.10 Å². The Morgan fingerprint density at radius 2 is 1.87 bits per heavy atom. The largest absolute Gasteiger partial charge is 0.479 e. The summed E-state index contributed by atoms with van der Waals surface area (Å²) in [4.78, 5) is 27.1. The molecule has 0 saturated carbocycles. The average Bonchev–Trinajstić information content (AvgIpc) is 2.73. The summed E-state index contributed by atoms with van der Waals surface area (Å²) in [5, 5.41) is 3.54. The fraction of sp³-hybridized carbons (Fsp3) is 0.167. The minimum atomic E-state index is -0.586. The van der Waals surface area contributed by atoms with Gasteiger partial charge in [-0.1, -0.05) is 41.4 Å². The lowest BCUT2D eigenvalue weighted by Crippen LogP contribution is -2.44. The summed E-state index contributed by atoms with van der Waals surface area (Å²) in [5.74, 6) is 0.253. The Kier molecular flexibility index (Phi) is 5.46. The van der Waals surface area contributed by atoms with Crippen LogP contribution in [0, 0.1) is 6.92 Å². The van der Waals surface area contributed by atoms with Crippen molar-refractivity contribution in [3.63, 3.8) is 0 Å². The van der Waals surface area contributed by atoms with Crippen LogP contribution in [-0.4, -0.2) is 17.9 Å². The highest BCUT2D eigenvalue weighted by Crippen LogP contribution is 2.37. The monoisotopic (exact) mass is 420 g/mol. The first kappa shape index (κ1) is 20.0. The summed E-state index contributed by atoms with van der Waals surface area (Å²) >= 11 is 5.98. The first-order valence-electron chi connectivity index (χ1n) is 9.65. The summed E-state index contributed by atoms with van der Waals surface area (Å²) in [6, 6.07) is 20.1. The number of benzene rings is 3. The zero-order valence-electron chi connectivity index (χ0n) is 16.7. The highest BCUT2D eigenvalue weighted by molar-refractivity contribution is 6.30. The average molecular weight is 421 g/mol. The maximum atomic E-state index is 12.8. The Balaban J connectivity index is 1.63. The van der Waals surface area contributed by atoms with Gasteiger partial charge in [0.1, 0.15) is 5.75 Å². The van der Waals surface area contributed by atoms with Crippen molar-refractivity contribution in [3.05, 3.63) is 88.4 Å². The van der Waals surface area contributed by atoms with Gasteiger partial charge in [-0.15, -0.1) is 0 Å². The zero-order chi connectivity index (χ0) is 21.3. The van der Waals surface area contributed by atoms with Crippen LogP contribution in [0.1, 0.15) is 28.4 Å². The summed E-state index contributed by atoms with van der Waals surface area (Å²) in [7, 11) is 0. The predicted molar refractivity (Wildman–Crippen MR) is 118 cm³/mol. The van der Waals surface area contributed by atoms with Gasteiger partial charge >= 0.3 is 0 Å². The number of nitrogens with zero attached hydrogens (tertiary/aromatic N) is 1. The van der Waals surface area contributed by atoms with Crippen LogP contribution < -0.4 is 15.0 Å². The van der Waals surface area contributed by atoms with E-state index in [1.165, 1.54) is 0 Å². The number of amides is 2. The van der Waals surface area contributed by atoms with Crippen LogP contribution in [0.2, 0.25) is 5.02 Å². The molecule has 3 aromatic rings. The maximum absolute atomic E-state index is 12.8. The van der Waals surface area contributed by atoms with Crippen molar-refractivity contribution in [1.29, 1.82) is 0 Å². The topological polar surface area (TPSA) is 58.6 Å². The maximum Gasteiger partial charge on any atom is 0.268 e. The fourth-order valence-corrected chi connectivity index (χ4v) is 3.54. The van der Waals surface area contributed by atoms with Gasteiger partial charge in [0.05, 0.1) is 12.2 Å². The number of nitrogens with one attached hydrogen (secondary N) is 1. The Morgan fingerprint density at radius 1 is 1.10 bits per heavy atom. The number of rotatable bonds is 4. The molecule has 1 atom stereocenters. The normalized spacial score (nSPS) is 15.4. The van der Waals surface area contributed by atoms with Crippen LogP contribution in [0.5, 0.6) is 5.75 Å². The van der Waals surface area contributed by atoms with Crippen LogP contribution in [0.4, 0.5) is 11.4 Å². The van der Waals surface area contributed by atoms with Crippen LogP contribution >= 0.6 is 11.6 Å². The molecule has 0 aromatic heterocycles. The lowest BCUT2D eigenvalue weighted by Gasteiger charge is -2.33. The molecule has 0 fully saturated rings. The quantitative estimate of drug-likeness (QED) is 0.629. The number of hydrogen-bond donors (Lipinski definition) is 1. The van der Waals surface area contributed by atoms with E-state index in [4.69, 9.17) is 16.3 Å². The van der Waals surface area contributed by atoms with E-state index in [0.29, 0.717) is 34.3 Å². The molecule has 0 spiro atoms. The molecule has 1 aliphatic heterocycles. The van der Waals surface area contributed by atoms with Gasteiger partial charge in [-0.25, -0.2) is 0 Å². The molecule has 1 heterocycles. The Bertz CT molecular complexity index is 1110. The van der Waals surface area contributed by atoms with Crippen molar-refractivity contribution >= 4 is 34.8 Å². The fourth-order valence-electron chi connectivity index (χ4n) is 3.41. The summed E-state index contributed by atoms with van der Waals surface area (Å²) in [6.07, 6.45) is -0.586. The van der Waals surface area contributed by atoms with Crippen molar-refractivity contribution in [2.24, 2.45) is 0 Å².